The van der Waals surface area contributed by atoms with Gasteiger partial charge in [0.1, 0.15) is 12.9 Å². The van der Waals surface area contributed by atoms with Crippen LogP contribution in [0.25, 0.3) is 0 Å². The summed E-state index contributed by atoms with van der Waals surface area (Å²) in [4.78, 5) is 11.0. The zero-order valence-corrected chi connectivity index (χ0v) is 12.1. The van der Waals surface area contributed by atoms with Crippen molar-refractivity contribution in [3.63, 3.8) is 0 Å². The van der Waals surface area contributed by atoms with Crippen LogP contribution in [0.2, 0.25) is 0 Å². The first kappa shape index (κ1) is 20.2. The summed E-state index contributed by atoms with van der Waals surface area (Å²) in [6.45, 7) is 0.255. The first-order valence-corrected chi connectivity index (χ1v) is 6.60. The van der Waals surface area contributed by atoms with Crippen molar-refractivity contribution in [3.05, 3.63) is 0 Å². The van der Waals surface area contributed by atoms with Gasteiger partial charge in [0.2, 0.25) is 5.91 Å². The largest absolute Gasteiger partial charge is 0.394 e. The van der Waals surface area contributed by atoms with Gasteiger partial charge < -0.3 is 40.0 Å². The highest BCUT2D eigenvalue weighted by Gasteiger charge is 2.20. The Morgan fingerprint density at radius 3 is 2.33 bits per heavy atom. The second kappa shape index (κ2) is 12.9. The normalized spacial score (nSPS) is 14.2. The minimum Gasteiger partial charge on any atom is -0.394 e. The van der Waals surface area contributed by atoms with E-state index in [0.29, 0.717) is 0 Å². The van der Waals surface area contributed by atoms with Crippen LogP contribution in [0.4, 0.5) is 0 Å². The van der Waals surface area contributed by atoms with Crippen molar-refractivity contribution in [3.8, 4) is 0 Å². The van der Waals surface area contributed by atoms with Gasteiger partial charge in [0.25, 0.3) is 0 Å². The summed E-state index contributed by atoms with van der Waals surface area (Å²) < 4.78 is 15.1. The summed E-state index contributed by atoms with van der Waals surface area (Å²) in [7, 11) is 0. The molecule has 9 nitrogen and oxygen atoms in total. The van der Waals surface area contributed by atoms with Gasteiger partial charge in [-0.25, -0.2) is 0 Å². The summed E-state index contributed by atoms with van der Waals surface area (Å²) in [6, 6.07) is -0.680. The van der Waals surface area contributed by atoms with Crippen molar-refractivity contribution >= 4 is 5.91 Å². The van der Waals surface area contributed by atoms with Crippen molar-refractivity contribution < 1.29 is 39.4 Å². The Morgan fingerprint density at radius 2 is 1.81 bits per heavy atom. The average Bonchev–Trinajstić information content (AvgIpc) is 2.46. The number of carbonyl (C=O) groups is 1. The monoisotopic (exact) mass is 311 g/mol. The molecule has 0 aromatic heterocycles. The van der Waals surface area contributed by atoms with E-state index < -0.39 is 18.2 Å². The van der Waals surface area contributed by atoms with E-state index in [1.165, 1.54) is 6.92 Å². The summed E-state index contributed by atoms with van der Waals surface area (Å²) in [6.07, 6.45) is -1.76. The quantitative estimate of drug-likeness (QED) is 0.182. The molecular weight excluding hydrogens is 286 g/mol. The van der Waals surface area contributed by atoms with Gasteiger partial charge in [-0.2, -0.15) is 0 Å². The van der Waals surface area contributed by atoms with E-state index in [0.717, 1.165) is 0 Å². The lowest BCUT2D eigenvalue weighted by Gasteiger charge is -2.23. The molecule has 0 bridgehead atoms. The molecule has 0 aliphatic rings. The number of rotatable bonds is 13. The molecule has 2 atom stereocenters. The predicted octanol–water partition coefficient (Wildman–Crippen LogP) is -2.80. The molecule has 0 spiro atoms. The minimum absolute atomic E-state index is 0.0292. The van der Waals surface area contributed by atoms with Crippen LogP contribution in [0.1, 0.15) is 6.92 Å². The van der Waals surface area contributed by atoms with Gasteiger partial charge in [0.05, 0.1) is 51.8 Å². The molecule has 0 aliphatic heterocycles. The van der Waals surface area contributed by atoms with Crippen LogP contribution in [0.5, 0.6) is 0 Å². The molecule has 0 rings (SSSR count). The van der Waals surface area contributed by atoms with Gasteiger partial charge in [-0.3, -0.25) is 4.79 Å². The molecule has 0 heterocycles. The number of ether oxygens (including phenoxy) is 3. The van der Waals surface area contributed by atoms with Crippen molar-refractivity contribution in [1.29, 1.82) is 0 Å². The first-order valence-electron chi connectivity index (χ1n) is 6.60. The van der Waals surface area contributed by atoms with E-state index in [4.69, 9.17) is 29.5 Å². The molecule has 0 radical (unpaired) electrons. The maximum Gasteiger partial charge on any atom is 0.217 e. The van der Waals surface area contributed by atoms with Gasteiger partial charge in [-0.15, -0.1) is 0 Å². The molecule has 0 saturated carbocycles. The van der Waals surface area contributed by atoms with Crippen LogP contribution in [0.3, 0.4) is 0 Å². The van der Waals surface area contributed by atoms with Crippen LogP contribution in [0, 0.1) is 0 Å². The van der Waals surface area contributed by atoms with Crippen LogP contribution < -0.4 is 5.32 Å². The Hall–Kier alpha value is -0.810. The van der Waals surface area contributed by atoms with Gasteiger partial charge >= 0.3 is 0 Å². The molecule has 0 aliphatic carbocycles. The van der Waals surface area contributed by atoms with Gasteiger partial charge in [0.15, 0.2) is 0 Å². The predicted molar refractivity (Wildman–Crippen MR) is 71.4 cm³/mol. The van der Waals surface area contributed by atoms with Crippen molar-refractivity contribution in [2.24, 2.45) is 0 Å². The number of carbonyl (C=O) groups excluding carboxylic acids is 1. The van der Waals surface area contributed by atoms with E-state index in [1.807, 2.05) is 0 Å². The highest BCUT2D eigenvalue weighted by Crippen LogP contribution is 1.98. The Kier molecular flexibility index (Phi) is 12.4. The SMILES string of the molecule is CC(=O)NC(COCCO)C(O)COCOC(CO)CO. The third-order valence-corrected chi connectivity index (χ3v) is 2.47. The maximum absolute atomic E-state index is 11.0. The van der Waals surface area contributed by atoms with Crippen molar-refractivity contribution in [2.45, 2.75) is 25.2 Å². The molecule has 2 unspecified atom stereocenters. The van der Waals surface area contributed by atoms with Gasteiger partial charge in [-0.05, 0) is 0 Å². The molecule has 126 valence electrons. The standard InChI is InChI=1S/C12H25NO8/c1-9(17)13-11(6-19-3-2-14)12(18)7-20-8-21-10(4-15)5-16/h10-12,14-16,18H,2-8H2,1H3,(H,13,17). The maximum atomic E-state index is 11.0. The third-order valence-electron chi connectivity index (χ3n) is 2.47. The molecule has 0 aromatic carbocycles. The minimum atomic E-state index is -1.03. The molecule has 0 aromatic rings. The van der Waals surface area contributed by atoms with Crippen LogP contribution >= 0.6 is 0 Å². The van der Waals surface area contributed by atoms with E-state index >= 15 is 0 Å². The molecule has 0 fully saturated rings. The molecule has 5 N–H and O–H groups in total. The fourth-order valence-electron chi connectivity index (χ4n) is 1.38. The smallest absolute Gasteiger partial charge is 0.217 e. The number of hydrogen-bond donors (Lipinski definition) is 5. The fraction of sp³-hybridized carbons (Fsp3) is 0.917. The van der Waals surface area contributed by atoms with Crippen LogP contribution in [-0.2, 0) is 19.0 Å². The highest BCUT2D eigenvalue weighted by molar-refractivity contribution is 5.73. The Labute approximate surface area is 123 Å². The summed E-state index contributed by atoms with van der Waals surface area (Å²) in [5, 5.41) is 38.6. The lowest BCUT2D eigenvalue weighted by atomic mass is 10.2. The van der Waals surface area contributed by atoms with E-state index in [1.54, 1.807) is 0 Å². The summed E-state index contributed by atoms with van der Waals surface area (Å²) in [5.74, 6) is -0.330. The highest BCUT2D eigenvalue weighted by atomic mass is 16.7. The Bertz CT molecular complexity index is 262. The molecule has 0 saturated heterocycles. The Balaban J connectivity index is 4.02. The number of nitrogens with one attached hydrogen (secondary N) is 1. The topological polar surface area (TPSA) is 138 Å². The average molecular weight is 311 g/mol. The summed E-state index contributed by atoms with van der Waals surface area (Å²) in [5.41, 5.74) is 0. The van der Waals surface area contributed by atoms with E-state index in [9.17, 15) is 9.90 Å². The van der Waals surface area contributed by atoms with Crippen molar-refractivity contribution in [1.82, 2.24) is 5.32 Å². The number of amides is 1. The molecule has 9 heteroatoms. The lowest BCUT2D eigenvalue weighted by molar-refractivity contribution is -0.135. The van der Waals surface area contributed by atoms with E-state index in [2.05, 4.69) is 5.32 Å². The molecule has 1 amide bonds. The summed E-state index contributed by atoms with van der Waals surface area (Å²) >= 11 is 0. The van der Waals surface area contributed by atoms with Gasteiger partial charge in [-0.1, -0.05) is 0 Å². The van der Waals surface area contributed by atoms with Crippen molar-refractivity contribution in [2.75, 3.05) is 46.4 Å². The zero-order valence-electron chi connectivity index (χ0n) is 12.1. The first-order chi connectivity index (χ1) is 10.0. The zero-order chi connectivity index (χ0) is 16.1. The molecular formula is C12H25NO8. The fourth-order valence-corrected chi connectivity index (χ4v) is 1.38. The van der Waals surface area contributed by atoms with Crippen LogP contribution in [0.15, 0.2) is 0 Å². The molecule has 21 heavy (non-hydrogen) atoms. The lowest BCUT2D eigenvalue weighted by Crippen LogP contribution is -2.47. The van der Waals surface area contributed by atoms with Crippen LogP contribution in [-0.4, -0.2) is 91.0 Å². The third kappa shape index (κ3) is 10.5. The number of aliphatic hydroxyl groups is 4. The van der Waals surface area contributed by atoms with Gasteiger partial charge in [0, 0.05) is 6.92 Å². The Morgan fingerprint density at radius 1 is 1.14 bits per heavy atom. The second-order valence-electron chi connectivity index (χ2n) is 4.32. The number of aliphatic hydroxyl groups excluding tert-OH is 4. The number of hydrogen-bond acceptors (Lipinski definition) is 8. The van der Waals surface area contributed by atoms with E-state index in [-0.39, 0.29) is 52.3 Å². The second-order valence-corrected chi connectivity index (χ2v) is 4.32.